The minimum absolute atomic E-state index is 0.253. The normalized spacial score (nSPS) is 13.0. The maximum atomic E-state index is 11.0. The van der Waals surface area contributed by atoms with Gasteiger partial charge in [0.05, 0.1) is 12.7 Å². The summed E-state index contributed by atoms with van der Waals surface area (Å²) in [5.74, 6) is 0.456. The van der Waals surface area contributed by atoms with Gasteiger partial charge in [-0.3, -0.25) is 4.57 Å². The summed E-state index contributed by atoms with van der Waals surface area (Å²) < 4.78 is 6.46. The fraction of sp³-hybridized carbons (Fsp3) is 0.750. The van der Waals surface area contributed by atoms with Crippen LogP contribution < -0.4 is 5.69 Å². The molecule has 15 heavy (non-hydrogen) atoms. The Labute approximate surface area is 91.6 Å². The predicted molar refractivity (Wildman–Crippen MR) is 57.1 cm³/mol. The Morgan fingerprint density at radius 3 is 3.00 bits per heavy atom. The Hall–Kier alpha value is -0.790. The SMILES string of the molecule is CCOCC(O)CSc1n[nH]c(=O)n1C. The van der Waals surface area contributed by atoms with Gasteiger partial charge in [-0.15, -0.1) is 5.10 Å². The Bertz CT molecular complexity index is 349. The Balaban J connectivity index is 2.37. The molecule has 0 saturated carbocycles. The molecule has 0 fully saturated rings. The van der Waals surface area contributed by atoms with Gasteiger partial charge in [0.2, 0.25) is 0 Å². The van der Waals surface area contributed by atoms with Gasteiger partial charge < -0.3 is 9.84 Å². The fourth-order valence-electron chi connectivity index (χ4n) is 0.934. The first-order valence-electron chi connectivity index (χ1n) is 4.65. The van der Waals surface area contributed by atoms with Crippen molar-refractivity contribution in [2.24, 2.45) is 7.05 Å². The van der Waals surface area contributed by atoms with Crippen molar-refractivity contribution in [1.29, 1.82) is 0 Å². The molecule has 1 rings (SSSR count). The molecule has 6 nitrogen and oxygen atoms in total. The van der Waals surface area contributed by atoms with E-state index in [-0.39, 0.29) is 5.69 Å². The molecule has 2 N–H and O–H groups in total. The third kappa shape index (κ3) is 3.69. The molecule has 1 aromatic heterocycles. The van der Waals surface area contributed by atoms with Gasteiger partial charge in [-0.1, -0.05) is 11.8 Å². The highest BCUT2D eigenvalue weighted by Crippen LogP contribution is 2.13. The van der Waals surface area contributed by atoms with Crippen molar-refractivity contribution in [3.05, 3.63) is 10.5 Å². The van der Waals surface area contributed by atoms with Crippen molar-refractivity contribution in [1.82, 2.24) is 14.8 Å². The van der Waals surface area contributed by atoms with Crippen LogP contribution in [0.25, 0.3) is 0 Å². The van der Waals surface area contributed by atoms with Gasteiger partial charge in [0, 0.05) is 19.4 Å². The van der Waals surface area contributed by atoms with Crippen LogP contribution in [0, 0.1) is 0 Å². The van der Waals surface area contributed by atoms with E-state index in [1.807, 2.05) is 6.92 Å². The lowest BCUT2D eigenvalue weighted by molar-refractivity contribution is 0.0551. The smallest absolute Gasteiger partial charge is 0.343 e. The van der Waals surface area contributed by atoms with Crippen LogP contribution in [0.5, 0.6) is 0 Å². The number of aromatic amines is 1. The second-order valence-electron chi connectivity index (χ2n) is 2.99. The highest BCUT2D eigenvalue weighted by atomic mass is 32.2. The van der Waals surface area contributed by atoms with Crippen molar-refractivity contribution in [2.45, 2.75) is 18.2 Å². The molecule has 1 atom stereocenters. The van der Waals surface area contributed by atoms with Crippen LogP contribution in [-0.4, -0.2) is 44.9 Å². The van der Waals surface area contributed by atoms with E-state index in [9.17, 15) is 9.90 Å². The monoisotopic (exact) mass is 233 g/mol. The van der Waals surface area contributed by atoms with E-state index in [2.05, 4.69) is 10.2 Å². The third-order valence-electron chi connectivity index (χ3n) is 1.76. The number of nitrogens with one attached hydrogen (secondary N) is 1. The third-order valence-corrected chi connectivity index (χ3v) is 2.93. The van der Waals surface area contributed by atoms with Gasteiger partial charge in [-0.25, -0.2) is 9.89 Å². The van der Waals surface area contributed by atoms with Crippen molar-refractivity contribution >= 4 is 11.8 Å². The molecule has 86 valence electrons. The molecule has 0 amide bonds. The number of hydrogen-bond donors (Lipinski definition) is 2. The van der Waals surface area contributed by atoms with Gasteiger partial charge in [0.1, 0.15) is 0 Å². The lowest BCUT2D eigenvalue weighted by Gasteiger charge is -2.08. The molecule has 1 aromatic rings. The van der Waals surface area contributed by atoms with E-state index < -0.39 is 6.10 Å². The van der Waals surface area contributed by atoms with E-state index in [0.29, 0.717) is 24.1 Å². The molecule has 0 saturated heterocycles. The van der Waals surface area contributed by atoms with E-state index in [1.165, 1.54) is 16.3 Å². The average molecular weight is 233 g/mol. The summed E-state index contributed by atoms with van der Waals surface area (Å²) in [6.07, 6.45) is -0.540. The molecule has 1 heterocycles. The molecule has 0 spiro atoms. The van der Waals surface area contributed by atoms with E-state index >= 15 is 0 Å². The Kier molecular flexibility index (Phi) is 4.86. The van der Waals surface area contributed by atoms with Crippen LogP contribution in [0.1, 0.15) is 6.92 Å². The summed E-state index contributed by atoms with van der Waals surface area (Å²) >= 11 is 1.32. The van der Waals surface area contributed by atoms with Gasteiger partial charge in [0.15, 0.2) is 5.16 Å². The minimum Gasteiger partial charge on any atom is -0.390 e. The van der Waals surface area contributed by atoms with Crippen LogP contribution in [0.2, 0.25) is 0 Å². The molecule has 0 aliphatic rings. The van der Waals surface area contributed by atoms with Crippen LogP contribution in [0.4, 0.5) is 0 Å². The zero-order valence-corrected chi connectivity index (χ0v) is 9.58. The lowest BCUT2D eigenvalue weighted by Crippen LogP contribution is -2.18. The summed E-state index contributed by atoms with van der Waals surface area (Å²) in [4.78, 5) is 11.0. The van der Waals surface area contributed by atoms with Gasteiger partial charge >= 0.3 is 5.69 Å². The van der Waals surface area contributed by atoms with E-state index in [0.717, 1.165) is 0 Å². The molecular formula is C8H15N3O3S. The standard InChI is InChI=1S/C8H15N3O3S/c1-3-14-4-6(12)5-15-8-10-9-7(13)11(8)2/h6,12H,3-5H2,1-2H3,(H,9,13). The molecule has 0 bridgehead atoms. The number of ether oxygens (including phenoxy) is 1. The quantitative estimate of drug-likeness (QED) is 0.653. The first-order valence-corrected chi connectivity index (χ1v) is 5.63. The fourth-order valence-corrected chi connectivity index (χ4v) is 1.76. The Morgan fingerprint density at radius 2 is 2.47 bits per heavy atom. The number of thioether (sulfide) groups is 1. The first-order chi connectivity index (χ1) is 7.15. The lowest BCUT2D eigenvalue weighted by atomic mass is 10.4. The number of hydrogen-bond acceptors (Lipinski definition) is 5. The minimum atomic E-state index is -0.540. The first kappa shape index (κ1) is 12.3. The molecule has 0 aromatic carbocycles. The number of aliphatic hydroxyl groups excluding tert-OH is 1. The summed E-state index contributed by atoms with van der Waals surface area (Å²) in [7, 11) is 1.63. The van der Waals surface area contributed by atoms with Crippen LogP contribution in [0.15, 0.2) is 9.95 Å². The zero-order chi connectivity index (χ0) is 11.3. The zero-order valence-electron chi connectivity index (χ0n) is 8.77. The summed E-state index contributed by atoms with van der Waals surface area (Å²) in [5.41, 5.74) is -0.253. The van der Waals surface area contributed by atoms with E-state index in [1.54, 1.807) is 7.05 Å². The maximum Gasteiger partial charge on any atom is 0.343 e. The van der Waals surface area contributed by atoms with Crippen LogP contribution in [-0.2, 0) is 11.8 Å². The predicted octanol–water partition coefficient (Wildman–Crippen LogP) is -0.402. The largest absolute Gasteiger partial charge is 0.390 e. The summed E-state index contributed by atoms with van der Waals surface area (Å²) in [5, 5.41) is 16.2. The molecule has 0 aliphatic carbocycles. The molecule has 7 heteroatoms. The number of nitrogens with zero attached hydrogens (tertiary/aromatic N) is 2. The molecule has 1 unspecified atom stereocenters. The Morgan fingerprint density at radius 1 is 1.73 bits per heavy atom. The van der Waals surface area contributed by atoms with Crippen LogP contribution >= 0.6 is 11.8 Å². The second kappa shape index (κ2) is 5.94. The summed E-state index contributed by atoms with van der Waals surface area (Å²) in [6.45, 7) is 2.77. The summed E-state index contributed by atoms with van der Waals surface area (Å²) in [6, 6.07) is 0. The average Bonchev–Trinajstić information content (AvgIpc) is 2.54. The number of rotatable bonds is 6. The van der Waals surface area contributed by atoms with Gasteiger partial charge in [-0.2, -0.15) is 0 Å². The van der Waals surface area contributed by atoms with Crippen molar-refractivity contribution in [3.63, 3.8) is 0 Å². The van der Waals surface area contributed by atoms with Gasteiger partial charge in [0.25, 0.3) is 0 Å². The molecule has 0 radical (unpaired) electrons. The second-order valence-corrected chi connectivity index (χ2v) is 3.98. The highest BCUT2D eigenvalue weighted by molar-refractivity contribution is 7.99. The number of aromatic nitrogens is 3. The number of H-pyrrole nitrogens is 1. The van der Waals surface area contributed by atoms with Crippen LogP contribution in [0.3, 0.4) is 0 Å². The number of aliphatic hydroxyl groups is 1. The van der Waals surface area contributed by atoms with Gasteiger partial charge in [-0.05, 0) is 6.92 Å². The highest BCUT2D eigenvalue weighted by Gasteiger charge is 2.09. The maximum absolute atomic E-state index is 11.0. The molecule has 0 aliphatic heterocycles. The topological polar surface area (TPSA) is 80.1 Å². The van der Waals surface area contributed by atoms with E-state index in [4.69, 9.17) is 4.74 Å². The molecular weight excluding hydrogens is 218 g/mol. The van der Waals surface area contributed by atoms with Crippen molar-refractivity contribution < 1.29 is 9.84 Å². The van der Waals surface area contributed by atoms with Crippen molar-refractivity contribution in [3.8, 4) is 0 Å². The van der Waals surface area contributed by atoms with Crippen molar-refractivity contribution in [2.75, 3.05) is 19.0 Å².